The zero-order valence-electron chi connectivity index (χ0n) is 12.8. The van der Waals surface area contributed by atoms with E-state index in [9.17, 15) is 9.90 Å². The van der Waals surface area contributed by atoms with E-state index < -0.39 is 5.91 Å². The quantitative estimate of drug-likeness (QED) is 0.625. The molecule has 8 heteroatoms. The zero-order valence-corrected chi connectivity index (χ0v) is 14.4. The largest absolute Gasteiger partial charge is 0.504 e. The van der Waals surface area contributed by atoms with E-state index in [0.717, 1.165) is 0 Å². The Morgan fingerprint density at radius 1 is 1.21 bits per heavy atom. The summed E-state index contributed by atoms with van der Waals surface area (Å²) in [5.41, 5.74) is 3.15. The van der Waals surface area contributed by atoms with Crippen molar-refractivity contribution in [3.05, 3.63) is 51.5 Å². The minimum atomic E-state index is -0.475. The SMILES string of the molecule is COc1cc(C(=O)N/N=C/c2cc(Cl)cc(Cl)c2OC)ccc1O. The molecule has 2 aromatic rings. The molecule has 2 rings (SSSR count). The van der Waals surface area contributed by atoms with Gasteiger partial charge in [-0.25, -0.2) is 5.43 Å². The molecule has 0 unspecified atom stereocenters. The van der Waals surface area contributed by atoms with Crippen molar-refractivity contribution in [2.45, 2.75) is 0 Å². The number of benzene rings is 2. The number of hydrazone groups is 1. The van der Waals surface area contributed by atoms with Crippen molar-refractivity contribution in [1.29, 1.82) is 0 Å². The van der Waals surface area contributed by atoms with Gasteiger partial charge in [0.05, 0.1) is 25.5 Å². The Balaban J connectivity index is 2.16. The molecule has 0 aliphatic carbocycles. The third-order valence-electron chi connectivity index (χ3n) is 3.05. The first-order valence-electron chi connectivity index (χ1n) is 6.69. The number of rotatable bonds is 5. The molecule has 0 saturated heterocycles. The lowest BCUT2D eigenvalue weighted by atomic mass is 10.2. The van der Waals surface area contributed by atoms with Crippen molar-refractivity contribution in [3.8, 4) is 17.2 Å². The fourth-order valence-electron chi connectivity index (χ4n) is 1.94. The van der Waals surface area contributed by atoms with E-state index in [1.54, 1.807) is 12.1 Å². The van der Waals surface area contributed by atoms with Gasteiger partial charge in [-0.15, -0.1) is 0 Å². The summed E-state index contributed by atoms with van der Waals surface area (Å²) >= 11 is 12.0. The first kappa shape index (κ1) is 17.9. The lowest BCUT2D eigenvalue weighted by Gasteiger charge is -2.08. The number of nitrogens with one attached hydrogen (secondary N) is 1. The highest BCUT2D eigenvalue weighted by Crippen LogP contribution is 2.31. The van der Waals surface area contributed by atoms with Crippen molar-refractivity contribution in [3.63, 3.8) is 0 Å². The van der Waals surface area contributed by atoms with E-state index >= 15 is 0 Å². The summed E-state index contributed by atoms with van der Waals surface area (Å²) in [7, 11) is 2.86. The van der Waals surface area contributed by atoms with Crippen LogP contribution in [0.1, 0.15) is 15.9 Å². The smallest absolute Gasteiger partial charge is 0.271 e. The number of hydrogen-bond acceptors (Lipinski definition) is 5. The Morgan fingerprint density at radius 2 is 1.96 bits per heavy atom. The normalized spacial score (nSPS) is 10.7. The number of aromatic hydroxyl groups is 1. The summed E-state index contributed by atoms with van der Waals surface area (Å²) < 4.78 is 10.1. The average molecular weight is 369 g/mol. The highest BCUT2D eigenvalue weighted by atomic mass is 35.5. The van der Waals surface area contributed by atoms with Crippen LogP contribution < -0.4 is 14.9 Å². The van der Waals surface area contributed by atoms with Gasteiger partial charge in [0.15, 0.2) is 11.5 Å². The van der Waals surface area contributed by atoms with Crippen molar-refractivity contribution in [2.75, 3.05) is 14.2 Å². The van der Waals surface area contributed by atoms with Crippen LogP contribution >= 0.6 is 23.2 Å². The zero-order chi connectivity index (χ0) is 17.7. The second kappa shape index (κ2) is 7.90. The molecule has 0 aliphatic heterocycles. The van der Waals surface area contributed by atoms with Gasteiger partial charge in [0.25, 0.3) is 5.91 Å². The third kappa shape index (κ3) is 4.10. The number of hydrogen-bond donors (Lipinski definition) is 2. The molecule has 24 heavy (non-hydrogen) atoms. The number of nitrogens with zero attached hydrogens (tertiary/aromatic N) is 1. The molecule has 0 atom stereocenters. The van der Waals surface area contributed by atoms with Crippen LogP contribution in [0.5, 0.6) is 17.2 Å². The monoisotopic (exact) mass is 368 g/mol. The van der Waals surface area contributed by atoms with Gasteiger partial charge in [0, 0.05) is 16.1 Å². The summed E-state index contributed by atoms with van der Waals surface area (Å²) in [6, 6.07) is 7.35. The van der Waals surface area contributed by atoms with E-state index in [1.807, 2.05) is 0 Å². The molecular weight excluding hydrogens is 355 g/mol. The molecule has 0 aliphatic rings. The minimum Gasteiger partial charge on any atom is -0.504 e. The standard InChI is InChI=1S/C16H14Cl2N2O4/c1-23-14-6-9(3-4-13(14)21)16(22)20-19-8-10-5-11(17)7-12(18)15(10)24-2/h3-8,21H,1-2H3,(H,20,22)/b19-8+. The third-order valence-corrected chi connectivity index (χ3v) is 3.55. The molecule has 2 N–H and O–H groups in total. The van der Waals surface area contributed by atoms with Crippen molar-refractivity contribution in [1.82, 2.24) is 5.43 Å². The van der Waals surface area contributed by atoms with Crippen molar-refractivity contribution in [2.24, 2.45) is 5.10 Å². The lowest BCUT2D eigenvalue weighted by molar-refractivity contribution is 0.0954. The van der Waals surface area contributed by atoms with Crippen LogP contribution in [0.4, 0.5) is 0 Å². The van der Waals surface area contributed by atoms with Gasteiger partial charge in [-0.1, -0.05) is 23.2 Å². The van der Waals surface area contributed by atoms with Crippen molar-refractivity contribution < 1.29 is 19.4 Å². The molecule has 2 aromatic carbocycles. The molecule has 0 saturated carbocycles. The second-order valence-electron chi connectivity index (χ2n) is 4.60. The van der Waals surface area contributed by atoms with Crippen LogP contribution in [0.2, 0.25) is 10.0 Å². The molecule has 0 heterocycles. The van der Waals surface area contributed by atoms with Crippen LogP contribution in [-0.2, 0) is 0 Å². The topological polar surface area (TPSA) is 80.2 Å². The molecule has 0 fully saturated rings. The molecule has 6 nitrogen and oxygen atoms in total. The molecule has 126 valence electrons. The molecule has 0 bridgehead atoms. The van der Waals surface area contributed by atoms with Gasteiger partial charge in [-0.2, -0.15) is 5.10 Å². The van der Waals surface area contributed by atoms with Crippen LogP contribution in [0, 0.1) is 0 Å². The molecular formula is C16H14Cl2N2O4. The number of halogens is 2. The van der Waals surface area contributed by atoms with Crippen LogP contribution in [0.3, 0.4) is 0 Å². The molecule has 0 aromatic heterocycles. The van der Waals surface area contributed by atoms with Gasteiger partial charge < -0.3 is 14.6 Å². The summed E-state index contributed by atoms with van der Waals surface area (Å²) in [5.74, 6) is 0.0489. The summed E-state index contributed by atoms with van der Waals surface area (Å²) in [6.45, 7) is 0. The van der Waals surface area contributed by atoms with Gasteiger partial charge >= 0.3 is 0 Å². The Morgan fingerprint density at radius 3 is 2.62 bits per heavy atom. The Bertz CT molecular complexity index is 794. The van der Waals surface area contributed by atoms with E-state index in [-0.39, 0.29) is 17.1 Å². The van der Waals surface area contributed by atoms with Crippen LogP contribution in [-0.4, -0.2) is 31.4 Å². The van der Waals surface area contributed by atoms with Crippen LogP contribution in [0.25, 0.3) is 0 Å². The Labute approximate surface area is 148 Å². The predicted molar refractivity (Wildman–Crippen MR) is 92.7 cm³/mol. The second-order valence-corrected chi connectivity index (χ2v) is 5.44. The first-order chi connectivity index (χ1) is 11.5. The first-order valence-corrected chi connectivity index (χ1v) is 7.45. The summed E-state index contributed by atoms with van der Waals surface area (Å²) in [6.07, 6.45) is 1.37. The number of ether oxygens (including phenoxy) is 2. The fourth-order valence-corrected chi connectivity index (χ4v) is 2.52. The molecule has 1 amide bonds. The van der Waals surface area contributed by atoms with E-state index in [0.29, 0.717) is 21.4 Å². The predicted octanol–water partition coefficient (Wildman–Crippen LogP) is 3.48. The summed E-state index contributed by atoms with van der Waals surface area (Å²) in [5, 5.41) is 14.1. The Kier molecular flexibility index (Phi) is 5.89. The van der Waals surface area contributed by atoms with Crippen molar-refractivity contribution >= 4 is 35.3 Å². The number of phenols is 1. The van der Waals surface area contributed by atoms with Gasteiger partial charge in [-0.05, 0) is 30.3 Å². The number of methoxy groups -OCH3 is 2. The number of amides is 1. The number of carbonyl (C=O) groups excluding carboxylic acids is 1. The van der Waals surface area contributed by atoms with E-state index in [4.69, 9.17) is 32.7 Å². The maximum atomic E-state index is 12.1. The minimum absolute atomic E-state index is 0.0594. The fraction of sp³-hybridized carbons (Fsp3) is 0.125. The Hall–Kier alpha value is -2.44. The van der Waals surface area contributed by atoms with E-state index in [2.05, 4.69) is 10.5 Å². The van der Waals surface area contributed by atoms with Crippen LogP contribution in [0.15, 0.2) is 35.4 Å². The highest BCUT2D eigenvalue weighted by molar-refractivity contribution is 6.36. The van der Waals surface area contributed by atoms with Gasteiger partial charge in [0.2, 0.25) is 0 Å². The number of phenolic OH excluding ortho intramolecular Hbond substituents is 1. The maximum absolute atomic E-state index is 12.1. The summed E-state index contributed by atoms with van der Waals surface area (Å²) in [4.78, 5) is 12.1. The maximum Gasteiger partial charge on any atom is 0.271 e. The molecule has 0 radical (unpaired) electrons. The lowest BCUT2D eigenvalue weighted by Crippen LogP contribution is -2.17. The average Bonchev–Trinajstić information content (AvgIpc) is 2.54. The van der Waals surface area contributed by atoms with Gasteiger partial charge in [0.1, 0.15) is 5.75 Å². The highest BCUT2D eigenvalue weighted by Gasteiger charge is 2.10. The number of carbonyl (C=O) groups is 1. The van der Waals surface area contributed by atoms with E-state index in [1.165, 1.54) is 38.6 Å². The molecule has 0 spiro atoms. The van der Waals surface area contributed by atoms with Gasteiger partial charge in [-0.3, -0.25) is 4.79 Å².